The standard InChI is InChI=1S/C10H14N2O/c1-11-5-3-2-4-9-6-10(13)8-12-7-9/h2,4,6-8,11,13H,3,5H2,1H3. The van der Waals surface area contributed by atoms with E-state index >= 15 is 0 Å². The Morgan fingerprint density at radius 3 is 3.08 bits per heavy atom. The average Bonchev–Trinajstić information content (AvgIpc) is 2.13. The van der Waals surface area contributed by atoms with Crippen molar-refractivity contribution in [3.8, 4) is 5.75 Å². The summed E-state index contributed by atoms with van der Waals surface area (Å²) in [4.78, 5) is 3.87. The van der Waals surface area contributed by atoms with Crippen molar-refractivity contribution < 1.29 is 5.11 Å². The van der Waals surface area contributed by atoms with Gasteiger partial charge in [0, 0.05) is 6.20 Å². The number of rotatable bonds is 4. The molecule has 0 aromatic carbocycles. The van der Waals surface area contributed by atoms with E-state index in [4.69, 9.17) is 5.11 Å². The van der Waals surface area contributed by atoms with Crippen LogP contribution in [0.15, 0.2) is 24.5 Å². The van der Waals surface area contributed by atoms with Gasteiger partial charge in [0.05, 0.1) is 6.20 Å². The molecule has 0 unspecified atom stereocenters. The third-order valence-electron chi connectivity index (χ3n) is 1.62. The molecule has 0 saturated carbocycles. The zero-order valence-electron chi connectivity index (χ0n) is 7.70. The van der Waals surface area contributed by atoms with Crippen molar-refractivity contribution in [2.45, 2.75) is 6.42 Å². The monoisotopic (exact) mass is 178 g/mol. The second-order valence-corrected chi connectivity index (χ2v) is 2.77. The van der Waals surface area contributed by atoms with Crippen LogP contribution in [0.25, 0.3) is 6.08 Å². The van der Waals surface area contributed by atoms with Gasteiger partial charge in [-0.1, -0.05) is 12.2 Å². The van der Waals surface area contributed by atoms with E-state index in [2.05, 4.69) is 10.3 Å². The van der Waals surface area contributed by atoms with E-state index in [1.807, 2.05) is 19.2 Å². The Labute approximate surface area is 78.1 Å². The van der Waals surface area contributed by atoms with Gasteiger partial charge in [-0.25, -0.2) is 0 Å². The molecule has 0 spiro atoms. The van der Waals surface area contributed by atoms with Gasteiger partial charge in [0.15, 0.2) is 0 Å². The fourth-order valence-electron chi connectivity index (χ4n) is 0.983. The maximum Gasteiger partial charge on any atom is 0.134 e. The molecule has 3 heteroatoms. The van der Waals surface area contributed by atoms with Crippen LogP contribution < -0.4 is 5.32 Å². The molecule has 0 aliphatic heterocycles. The normalized spacial score (nSPS) is 10.8. The van der Waals surface area contributed by atoms with Crippen LogP contribution >= 0.6 is 0 Å². The van der Waals surface area contributed by atoms with Gasteiger partial charge in [-0.3, -0.25) is 4.98 Å². The molecule has 3 nitrogen and oxygen atoms in total. The molecule has 1 aromatic rings. The topological polar surface area (TPSA) is 45.2 Å². The van der Waals surface area contributed by atoms with E-state index in [1.165, 1.54) is 6.20 Å². The predicted molar refractivity (Wildman–Crippen MR) is 53.5 cm³/mol. The van der Waals surface area contributed by atoms with Gasteiger partial charge < -0.3 is 10.4 Å². The molecule has 0 atom stereocenters. The summed E-state index contributed by atoms with van der Waals surface area (Å²) < 4.78 is 0. The summed E-state index contributed by atoms with van der Waals surface area (Å²) in [7, 11) is 1.92. The molecule has 1 heterocycles. The lowest BCUT2D eigenvalue weighted by Crippen LogP contribution is -2.05. The molecule has 2 N–H and O–H groups in total. The number of hydrogen-bond acceptors (Lipinski definition) is 3. The number of aromatic nitrogens is 1. The van der Waals surface area contributed by atoms with Gasteiger partial charge in [-0.05, 0) is 31.6 Å². The van der Waals surface area contributed by atoms with Crippen LogP contribution in [0.4, 0.5) is 0 Å². The van der Waals surface area contributed by atoms with Crippen LogP contribution in [0.5, 0.6) is 5.75 Å². The van der Waals surface area contributed by atoms with Crippen LogP contribution in [0.2, 0.25) is 0 Å². The van der Waals surface area contributed by atoms with Crippen molar-refractivity contribution >= 4 is 6.08 Å². The van der Waals surface area contributed by atoms with Gasteiger partial charge in [0.1, 0.15) is 5.75 Å². The van der Waals surface area contributed by atoms with Crippen LogP contribution in [0, 0.1) is 0 Å². The fourth-order valence-corrected chi connectivity index (χ4v) is 0.983. The lowest BCUT2D eigenvalue weighted by Gasteiger charge is -1.94. The lowest BCUT2D eigenvalue weighted by molar-refractivity contribution is 0.472. The first-order valence-corrected chi connectivity index (χ1v) is 4.28. The highest BCUT2D eigenvalue weighted by Crippen LogP contribution is 2.09. The molecule has 0 aliphatic carbocycles. The third-order valence-corrected chi connectivity index (χ3v) is 1.62. The van der Waals surface area contributed by atoms with Crippen LogP contribution in [0.1, 0.15) is 12.0 Å². The van der Waals surface area contributed by atoms with Gasteiger partial charge >= 0.3 is 0 Å². The maximum absolute atomic E-state index is 9.11. The maximum atomic E-state index is 9.11. The van der Waals surface area contributed by atoms with Crippen LogP contribution in [-0.2, 0) is 0 Å². The second-order valence-electron chi connectivity index (χ2n) is 2.77. The molecule has 70 valence electrons. The van der Waals surface area contributed by atoms with E-state index in [0.717, 1.165) is 18.5 Å². The van der Waals surface area contributed by atoms with Crippen molar-refractivity contribution in [1.29, 1.82) is 0 Å². The molecule has 0 aliphatic rings. The zero-order valence-corrected chi connectivity index (χ0v) is 7.70. The fraction of sp³-hybridized carbons (Fsp3) is 0.300. The van der Waals surface area contributed by atoms with Crippen molar-refractivity contribution in [2.24, 2.45) is 0 Å². The first-order chi connectivity index (χ1) is 6.33. The number of nitrogens with one attached hydrogen (secondary N) is 1. The van der Waals surface area contributed by atoms with E-state index in [1.54, 1.807) is 12.3 Å². The minimum absolute atomic E-state index is 0.204. The van der Waals surface area contributed by atoms with E-state index in [0.29, 0.717) is 0 Å². The first-order valence-electron chi connectivity index (χ1n) is 4.28. The second kappa shape index (κ2) is 5.32. The molecule has 0 bridgehead atoms. The lowest BCUT2D eigenvalue weighted by atomic mass is 10.2. The van der Waals surface area contributed by atoms with Gasteiger partial charge in [0.25, 0.3) is 0 Å². The molecular formula is C10H14N2O. The molecule has 0 saturated heterocycles. The van der Waals surface area contributed by atoms with E-state index in [9.17, 15) is 0 Å². The molecule has 0 fully saturated rings. The SMILES string of the molecule is CNCCC=Cc1cncc(O)c1. The molecular weight excluding hydrogens is 164 g/mol. The Kier molecular flexibility index (Phi) is 3.99. The number of pyridine rings is 1. The highest BCUT2D eigenvalue weighted by atomic mass is 16.3. The largest absolute Gasteiger partial charge is 0.506 e. The smallest absolute Gasteiger partial charge is 0.134 e. The Morgan fingerprint density at radius 1 is 1.54 bits per heavy atom. The van der Waals surface area contributed by atoms with Crippen molar-refractivity contribution in [3.63, 3.8) is 0 Å². The summed E-state index contributed by atoms with van der Waals surface area (Å²) in [6.45, 7) is 0.961. The Morgan fingerprint density at radius 2 is 2.38 bits per heavy atom. The summed E-state index contributed by atoms with van der Waals surface area (Å²) in [5.41, 5.74) is 0.927. The average molecular weight is 178 g/mol. The van der Waals surface area contributed by atoms with Gasteiger partial charge in [0.2, 0.25) is 0 Å². The molecule has 1 aromatic heterocycles. The summed E-state index contributed by atoms with van der Waals surface area (Å²) in [6, 6.07) is 1.68. The molecule has 1 rings (SSSR count). The Bertz CT molecular complexity index is 284. The van der Waals surface area contributed by atoms with Crippen molar-refractivity contribution in [1.82, 2.24) is 10.3 Å². The van der Waals surface area contributed by atoms with E-state index < -0.39 is 0 Å². The zero-order chi connectivity index (χ0) is 9.52. The Balaban J connectivity index is 2.48. The van der Waals surface area contributed by atoms with Gasteiger partial charge in [-0.15, -0.1) is 0 Å². The summed E-state index contributed by atoms with van der Waals surface area (Å²) in [6.07, 6.45) is 8.11. The van der Waals surface area contributed by atoms with Crippen molar-refractivity contribution in [2.75, 3.05) is 13.6 Å². The van der Waals surface area contributed by atoms with Gasteiger partial charge in [-0.2, -0.15) is 0 Å². The van der Waals surface area contributed by atoms with Crippen LogP contribution in [0.3, 0.4) is 0 Å². The van der Waals surface area contributed by atoms with Crippen molar-refractivity contribution in [3.05, 3.63) is 30.1 Å². The minimum atomic E-state index is 0.204. The highest BCUT2D eigenvalue weighted by Gasteiger charge is 1.89. The Hall–Kier alpha value is -1.35. The predicted octanol–water partition coefficient (Wildman–Crippen LogP) is 1.41. The van der Waals surface area contributed by atoms with Crippen LogP contribution in [-0.4, -0.2) is 23.7 Å². The number of nitrogens with zero attached hydrogens (tertiary/aromatic N) is 1. The first kappa shape index (κ1) is 9.74. The minimum Gasteiger partial charge on any atom is -0.506 e. The summed E-state index contributed by atoms with van der Waals surface area (Å²) in [5.74, 6) is 0.204. The number of aromatic hydroxyl groups is 1. The summed E-state index contributed by atoms with van der Waals surface area (Å²) >= 11 is 0. The molecule has 0 amide bonds. The number of hydrogen-bond donors (Lipinski definition) is 2. The highest BCUT2D eigenvalue weighted by molar-refractivity contribution is 5.49. The molecule has 0 radical (unpaired) electrons. The molecule has 13 heavy (non-hydrogen) atoms. The van der Waals surface area contributed by atoms with E-state index in [-0.39, 0.29) is 5.75 Å². The third kappa shape index (κ3) is 3.71. The summed E-state index contributed by atoms with van der Waals surface area (Å²) in [5, 5.41) is 12.2. The quantitative estimate of drug-likeness (QED) is 0.685.